The van der Waals surface area contributed by atoms with Crippen molar-refractivity contribution in [2.75, 3.05) is 0 Å². The summed E-state index contributed by atoms with van der Waals surface area (Å²) in [5.41, 5.74) is 4.20. The van der Waals surface area contributed by atoms with Crippen LogP contribution in [-0.4, -0.2) is 15.0 Å². The molecule has 1 N–H and O–H groups in total. The molecule has 2 aromatic heterocycles. The van der Waals surface area contributed by atoms with Crippen molar-refractivity contribution in [2.24, 2.45) is 0 Å². The third kappa shape index (κ3) is 2.64. The Balaban J connectivity index is 2.59. The normalized spacial score (nSPS) is 10.6. The summed E-state index contributed by atoms with van der Waals surface area (Å²) >= 11 is 5.33. The van der Waals surface area contributed by atoms with E-state index in [1.807, 2.05) is 26.1 Å². The predicted octanol–water partition coefficient (Wildman–Crippen LogP) is 3.77. The lowest BCUT2D eigenvalue weighted by atomic mass is 10.1. The summed E-state index contributed by atoms with van der Waals surface area (Å²) < 4.78 is 0.682. The largest absolute Gasteiger partial charge is 0.343 e. The quantitative estimate of drug-likeness (QED) is 0.853. The smallest absolute Gasteiger partial charge is 0.133 e. The molecule has 18 heavy (non-hydrogen) atoms. The Morgan fingerprint density at radius 2 is 2.11 bits per heavy atom. The van der Waals surface area contributed by atoms with Crippen LogP contribution in [0, 0.1) is 18.5 Å². The zero-order valence-electron chi connectivity index (χ0n) is 10.9. The van der Waals surface area contributed by atoms with E-state index >= 15 is 0 Å². The number of pyridine rings is 1. The van der Waals surface area contributed by atoms with Crippen molar-refractivity contribution < 1.29 is 0 Å². The van der Waals surface area contributed by atoms with Gasteiger partial charge in [-0.05, 0) is 32.4 Å². The lowest BCUT2D eigenvalue weighted by Gasteiger charge is -2.09. The number of aromatic amines is 1. The van der Waals surface area contributed by atoms with E-state index in [9.17, 15) is 0 Å². The highest BCUT2D eigenvalue weighted by Gasteiger charge is 2.07. The number of nitrogens with one attached hydrogen (secondary N) is 1. The Labute approximate surface area is 112 Å². The predicted molar refractivity (Wildman–Crippen MR) is 76.1 cm³/mol. The maximum Gasteiger partial charge on any atom is 0.133 e. The van der Waals surface area contributed by atoms with Crippen molar-refractivity contribution in [1.29, 1.82) is 0 Å². The second kappa shape index (κ2) is 5.40. The average Bonchev–Trinajstić information content (AvgIpc) is 2.34. The Bertz CT molecular complexity index is 617. The Morgan fingerprint density at radius 1 is 1.33 bits per heavy atom. The molecule has 0 atom stereocenters. The van der Waals surface area contributed by atoms with Gasteiger partial charge in [0.15, 0.2) is 0 Å². The Hall–Kier alpha value is -1.55. The molecule has 0 aliphatic heterocycles. The summed E-state index contributed by atoms with van der Waals surface area (Å²) in [7, 11) is 0. The molecule has 0 spiro atoms. The first-order chi connectivity index (χ1) is 8.61. The Kier molecular flexibility index (Phi) is 3.87. The van der Waals surface area contributed by atoms with Crippen LogP contribution in [0.15, 0.2) is 18.3 Å². The Morgan fingerprint density at radius 3 is 2.78 bits per heavy atom. The summed E-state index contributed by atoms with van der Waals surface area (Å²) in [4.78, 5) is 12.0. The van der Waals surface area contributed by atoms with Gasteiger partial charge in [-0.25, -0.2) is 4.98 Å². The van der Waals surface area contributed by atoms with Crippen LogP contribution in [0.25, 0.3) is 11.3 Å². The first-order valence-electron chi connectivity index (χ1n) is 6.14. The van der Waals surface area contributed by atoms with E-state index in [2.05, 4.69) is 27.9 Å². The number of aromatic nitrogens is 3. The lowest BCUT2D eigenvalue weighted by molar-refractivity contribution is 0.829. The van der Waals surface area contributed by atoms with Crippen LogP contribution in [0.3, 0.4) is 0 Å². The van der Waals surface area contributed by atoms with Gasteiger partial charge in [-0.3, -0.25) is 4.98 Å². The van der Waals surface area contributed by atoms with E-state index in [0.29, 0.717) is 4.64 Å². The molecular weight excluding hydrogens is 242 g/mol. The summed E-state index contributed by atoms with van der Waals surface area (Å²) in [5.74, 6) is 0.956. The molecule has 2 aromatic rings. The first-order valence-corrected chi connectivity index (χ1v) is 6.55. The van der Waals surface area contributed by atoms with E-state index in [-0.39, 0.29) is 0 Å². The number of rotatable bonds is 3. The van der Waals surface area contributed by atoms with Gasteiger partial charge in [0.25, 0.3) is 0 Å². The van der Waals surface area contributed by atoms with Crippen molar-refractivity contribution in [2.45, 2.75) is 33.6 Å². The molecular formula is C14H17N3S. The van der Waals surface area contributed by atoms with Crippen molar-refractivity contribution >= 4 is 12.2 Å². The van der Waals surface area contributed by atoms with Gasteiger partial charge in [-0.15, -0.1) is 0 Å². The van der Waals surface area contributed by atoms with Crippen LogP contribution in [0.1, 0.15) is 30.4 Å². The summed E-state index contributed by atoms with van der Waals surface area (Å²) in [6.45, 7) is 6.13. The molecule has 0 unspecified atom stereocenters. The lowest BCUT2D eigenvalue weighted by Crippen LogP contribution is -2.00. The fourth-order valence-corrected chi connectivity index (χ4v) is 2.14. The first kappa shape index (κ1) is 12.9. The third-order valence-corrected chi connectivity index (χ3v) is 3.27. The minimum absolute atomic E-state index is 0.682. The standard InChI is InChI=1S/C14H17N3S/c1-4-5-12-16-13(10(3)14(18)17-12)11-6-7-15-9(2)8-11/h6-8H,4-5H2,1-3H3,(H,16,17,18). The number of H-pyrrole nitrogens is 1. The molecule has 0 saturated heterocycles. The van der Waals surface area contributed by atoms with Crippen molar-refractivity contribution in [1.82, 2.24) is 15.0 Å². The van der Waals surface area contributed by atoms with Crippen LogP contribution in [0.4, 0.5) is 0 Å². The fraction of sp³-hybridized carbons (Fsp3) is 0.357. The molecule has 0 aromatic carbocycles. The number of aryl methyl sites for hydroxylation is 2. The zero-order valence-corrected chi connectivity index (χ0v) is 11.8. The van der Waals surface area contributed by atoms with Crippen LogP contribution < -0.4 is 0 Å². The van der Waals surface area contributed by atoms with E-state index in [1.54, 1.807) is 0 Å². The zero-order chi connectivity index (χ0) is 13.1. The summed E-state index contributed by atoms with van der Waals surface area (Å²) in [6.07, 6.45) is 3.79. The molecule has 0 bridgehead atoms. The fourth-order valence-electron chi connectivity index (χ4n) is 1.92. The van der Waals surface area contributed by atoms with Crippen molar-refractivity contribution in [3.63, 3.8) is 0 Å². The second-order valence-corrected chi connectivity index (χ2v) is 4.81. The summed E-state index contributed by atoms with van der Waals surface area (Å²) in [5, 5.41) is 0. The maximum atomic E-state index is 5.33. The SMILES string of the molecule is CCCc1nc(=S)c(C)c(-c2ccnc(C)c2)[nH]1. The molecule has 4 heteroatoms. The van der Waals surface area contributed by atoms with E-state index in [4.69, 9.17) is 12.2 Å². The van der Waals surface area contributed by atoms with E-state index in [1.165, 1.54) is 0 Å². The van der Waals surface area contributed by atoms with Crippen LogP contribution in [0.2, 0.25) is 0 Å². The number of nitrogens with zero attached hydrogens (tertiary/aromatic N) is 2. The van der Waals surface area contributed by atoms with E-state index < -0.39 is 0 Å². The van der Waals surface area contributed by atoms with Crippen molar-refractivity contribution in [3.8, 4) is 11.3 Å². The van der Waals surface area contributed by atoms with Crippen LogP contribution in [0.5, 0.6) is 0 Å². The van der Waals surface area contributed by atoms with Crippen LogP contribution >= 0.6 is 12.2 Å². The third-order valence-electron chi connectivity index (χ3n) is 2.87. The number of hydrogen-bond donors (Lipinski definition) is 1. The maximum absolute atomic E-state index is 5.33. The topological polar surface area (TPSA) is 41.6 Å². The minimum Gasteiger partial charge on any atom is -0.343 e. The van der Waals surface area contributed by atoms with Gasteiger partial charge in [-0.1, -0.05) is 19.1 Å². The highest BCUT2D eigenvalue weighted by Crippen LogP contribution is 2.22. The average molecular weight is 259 g/mol. The van der Waals surface area contributed by atoms with Gasteiger partial charge in [0.05, 0.1) is 5.69 Å². The van der Waals surface area contributed by atoms with Gasteiger partial charge in [-0.2, -0.15) is 0 Å². The molecule has 0 aliphatic carbocycles. The van der Waals surface area contributed by atoms with Gasteiger partial charge in [0.1, 0.15) is 10.5 Å². The van der Waals surface area contributed by atoms with Gasteiger partial charge >= 0.3 is 0 Å². The van der Waals surface area contributed by atoms with E-state index in [0.717, 1.165) is 41.2 Å². The molecule has 2 heterocycles. The van der Waals surface area contributed by atoms with Gasteiger partial charge in [0.2, 0.25) is 0 Å². The molecule has 0 fully saturated rings. The highest BCUT2D eigenvalue weighted by molar-refractivity contribution is 7.71. The van der Waals surface area contributed by atoms with Gasteiger partial charge < -0.3 is 4.98 Å². The van der Waals surface area contributed by atoms with Crippen LogP contribution in [-0.2, 0) is 6.42 Å². The minimum atomic E-state index is 0.682. The summed E-state index contributed by atoms with van der Waals surface area (Å²) in [6, 6.07) is 4.06. The molecule has 0 radical (unpaired) electrons. The molecule has 0 saturated carbocycles. The molecule has 0 amide bonds. The molecule has 2 rings (SSSR count). The highest BCUT2D eigenvalue weighted by atomic mass is 32.1. The number of hydrogen-bond acceptors (Lipinski definition) is 3. The molecule has 0 aliphatic rings. The second-order valence-electron chi connectivity index (χ2n) is 4.42. The van der Waals surface area contributed by atoms with Gasteiger partial charge in [0, 0.05) is 29.4 Å². The molecule has 3 nitrogen and oxygen atoms in total. The monoisotopic (exact) mass is 259 g/mol. The van der Waals surface area contributed by atoms with Crippen molar-refractivity contribution in [3.05, 3.63) is 40.1 Å². The molecule has 94 valence electrons.